The molecule has 0 bridgehead atoms. The molecule has 0 spiro atoms. The third kappa shape index (κ3) is 7.84. The second kappa shape index (κ2) is 12.9. The van der Waals surface area contributed by atoms with Gasteiger partial charge in [0.05, 0.1) is 0 Å². The zero-order chi connectivity index (χ0) is 21.0. The Morgan fingerprint density at radius 1 is 0.467 bits per heavy atom. The average Bonchev–Trinajstić information content (AvgIpc) is 2.79. The fraction of sp³-hybridized carbons (Fsp3) is 0.538. The highest BCUT2D eigenvalue weighted by molar-refractivity contribution is 5.15. The summed E-state index contributed by atoms with van der Waals surface area (Å²) in [5.74, 6) is 0. The highest BCUT2D eigenvalue weighted by Gasteiger charge is 2.16. The van der Waals surface area contributed by atoms with E-state index in [1.165, 1.54) is 24.2 Å². The molecule has 1 fully saturated rings. The number of rotatable bonds is 6. The molecule has 3 rings (SSSR count). The zero-order valence-corrected chi connectivity index (χ0v) is 19.0. The van der Waals surface area contributed by atoms with E-state index in [1.807, 2.05) is 0 Å². The summed E-state index contributed by atoms with van der Waals surface area (Å²) in [7, 11) is 0. The minimum absolute atomic E-state index is 1.04. The first-order valence-electron chi connectivity index (χ1n) is 11.7. The summed E-state index contributed by atoms with van der Waals surface area (Å²) in [6.07, 6.45) is 0. The molecule has 0 unspecified atom stereocenters. The van der Waals surface area contributed by atoms with Crippen LogP contribution in [-0.4, -0.2) is 85.0 Å². The summed E-state index contributed by atoms with van der Waals surface area (Å²) in [5.41, 5.74) is 2.83. The van der Waals surface area contributed by atoms with Crippen molar-refractivity contribution in [3.8, 4) is 0 Å². The molecule has 4 heteroatoms. The van der Waals surface area contributed by atoms with E-state index in [9.17, 15) is 0 Å². The number of nitrogens with zero attached hydrogens (tertiary/aromatic N) is 4. The molecule has 1 aliphatic rings. The fourth-order valence-corrected chi connectivity index (χ4v) is 4.21. The number of likely N-dealkylation sites (N-methyl/N-ethyl adjacent to an activating group) is 2. The van der Waals surface area contributed by atoms with Crippen LogP contribution in [0.1, 0.15) is 25.0 Å². The van der Waals surface area contributed by atoms with Crippen LogP contribution in [0.25, 0.3) is 0 Å². The van der Waals surface area contributed by atoms with Crippen LogP contribution in [0.3, 0.4) is 0 Å². The van der Waals surface area contributed by atoms with Crippen molar-refractivity contribution in [2.24, 2.45) is 0 Å². The van der Waals surface area contributed by atoms with Crippen LogP contribution >= 0.6 is 0 Å². The molecular weight excluding hydrogens is 368 g/mol. The van der Waals surface area contributed by atoms with Crippen LogP contribution in [0.15, 0.2) is 60.7 Å². The van der Waals surface area contributed by atoms with Crippen molar-refractivity contribution >= 4 is 0 Å². The van der Waals surface area contributed by atoms with E-state index in [1.54, 1.807) is 0 Å². The van der Waals surface area contributed by atoms with Crippen molar-refractivity contribution in [3.05, 3.63) is 71.8 Å². The summed E-state index contributed by atoms with van der Waals surface area (Å²) >= 11 is 0. The van der Waals surface area contributed by atoms with Gasteiger partial charge in [-0.25, -0.2) is 0 Å². The molecule has 0 radical (unpaired) electrons. The fourth-order valence-electron chi connectivity index (χ4n) is 4.21. The van der Waals surface area contributed by atoms with Crippen molar-refractivity contribution in [1.29, 1.82) is 0 Å². The standard InChI is InChI=1S/C26H40N4/c1-3-27-15-16-28(4-2)18-20-30(24-26-13-9-6-10-14-26)22-21-29(19-17-27)23-25-11-7-5-8-12-25/h5-14H,3-4,15-24H2,1-2H3. The molecule has 30 heavy (non-hydrogen) atoms. The maximum atomic E-state index is 2.65. The Morgan fingerprint density at radius 2 is 0.767 bits per heavy atom. The van der Waals surface area contributed by atoms with Crippen molar-refractivity contribution in [1.82, 2.24) is 19.6 Å². The molecule has 164 valence electrons. The SMILES string of the molecule is CCN1CCN(CC)CCN(Cc2ccccc2)CCN(Cc2ccccc2)CC1. The summed E-state index contributed by atoms with van der Waals surface area (Å²) in [4.78, 5) is 10.5. The molecule has 1 saturated heterocycles. The van der Waals surface area contributed by atoms with Crippen LogP contribution in [0.4, 0.5) is 0 Å². The first-order chi connectivity index (χ1) is 14.8. The van der Waals surface area contributed by atoms with Crippen LogP contribution in [-0.2, 0) is 13.1 Å². The highest BCUT2D eigenvalue weighted by Crippen LogP contribution is 2.09. The molecule has 0 aliphatic carbocycles. The maximum absolute atomic E-state index is 2.65. The predicted molar refractivity (Wildman–Crippen MR) is 128 cm³/mol. The summed E-state index contributed by atoms with van der Waals surface area (Å²) in [6.45, 7) is 18.1. The Morgan fingerprint density at radius 3 is 1.07 bits per heavy atom. The van der Waals surface area contributed by atoms with Gasteiger partial charge in [-0.2, -0.15) is 0 Å². The monoisotopic (exact) mass is 408 g/mol. The molecule has 2 aromatic carbocycles. The van der Waals surface area contributed by atoms with Crippen LogP contribution in [0.2, 0.25) is 0 Å². The lowest BCUT2D eigenvalue weighted by Gasteiger charge is -2.34. The Bertz CT molecular complexity index is 629. The molecule has 2 aromatic rings. The van der Waals surface area contributed by atoms with Crippen LogP contribution in [0, 0.1) is 0 Å². The van der Waals surface area contributed by atoms with Gasteiger partial charge in [0.1, 0.15) is 0 Å². The molecule has 0 atom stereocenters. The summed E-state index contributed by atoms with van der Waals surface area (Å²) in [5, 5.41) is 0. The lowest BCUT2D eigenvalue weighted by atomic mass is 10.2. The van der Waals surface area contributed by atoms with Crippen molar-refractivity contribution in [3.63, 3.8) is 0 Å². The lowest BCUT2D eigenvalue weighted by Crippen LogP contribution is -2.45. The van der Waals surface area contributed by atoms with Gasteiger partial charge in [0.25, 0.3) is 0 Å². The molecule has 1 heterocycles. The van der Waals surface area contributed by atoms with Gasteiger partial charge >= 0.3 is 0 Å². The normalized spacial score (nSPS) is 19.3. The Kier molecular flexibility index (Phi) is 9.84. The molecule has 0 saturated carbocycles. The zero-order valence-electron chi connectivity index (χ0n) is 19.0. The van der Waals surface area contributed by atoms with E-state index in [0.717, 1.165) is 65.4 Å². The molecule has 1 aliphatic heterocycles. The van der Waals surface area contributed by atoms with Gasteiger partial charge in [-0.3, -0.25) is 9.80 Å². The Labute approximate surface area is 184 Å². The van der Waals surface area contributed by atoms with Gasteiger partial charge in [-0.1, -0.05) is 74.5 Å². The summed E-state index contributed by atoms with van der Waals surface area (Å²) in [6, 6.07) is 21.9. The van der Waals surface area contributed by atoms with Gasteiger partial charge in [0.2, 0.25) is 0 Å². The minimum atomic E-state index is 1.04. The highest BCUT2D eigenvalue weighted by atomic mass is 15.3. The van der Waals surface area contributed by atoms with Gasteiger partial charge < -0.3 is 9.80 Å². The average molecular weight is 409 g/mol. The number of hydrogen-bond acceptors (Lipinski definition) is 4. The molecule has 4 nitrogen and oxygen atoms in total. The molecule has 0 aromatic heterocycles. The topological polar surface area (TPSA) is 13.0 Å². The third-order valence-corrected chi connectivity index (χ3v) is 6.32. The smallest absolute Gasteiger partial charge is 0.0234 e. The largest absolute Gasteiger partial charge is 0.301 e. The van der Waals surface area contributed by atoms with Crippen LogP contribution < -0.4 is 0 Å². The predicted octanol–water partition coefficient (Wildman–Crippen LogP) is 3.65. The van der Waals surface area contributed by atoms with Crippen LogP contribution in [0.5, 0.6) is 0 Å². The van der Waals surface area contributed by atoms with Gasteiger partial charge in [-0.15, -0.1) is 0 Å². The van der Waals surface area contributed by atoms with E-state index in [2.05, 4.69) is 94.1 Å². The third-order valence-electron chi connectivity index (χ3n) is 6.32. The van der Waals surface area contributed by atoms with Crippen molar-refractivity contribution < 1.29 is 0 Å². The number of benzene rings is 2. The first-order valence-corrected chi connectivity index (χ1v) is 11.7. The van der Waals surface area contributed by atoms with Gasteiger partial charge in [-0.05, 0) is 24.2 Å². The molecule has 0 N–H and O–H groups in total. The van der Waals surface area contributed by atoms with Gasteiger partial charge in [0, 0.05) is 65.4 Å². The minimum Gasteiger partial charge on any atom is -0.301 e. The van der Waals surface area contributed by atoms with Crippen molar-refractivity contribution in [2.45, 2.75) is 26.9 Å². The maximum Gasteiger partial charge on any atom is 0.0234 e. The van der Waals surface area contributed by atoms with E-state index in [4.69, 9.17) is 0 Å². The molecule has 0 amide bonds. The van der Waals surface area contributed by atoms with Gasteiger partial charge in [0.15, 0.2) is 0 Å². The van der Waals surface area contributed by atoms with E-state index in [-0.39, 0.29) is 0 Å². The van der Waals surface area contributed by atoms with Crippen molar-refractivity contribution in [2.75, 3.05) is 65.4 Å². The van der Waals surface area contributed by atoms with E-state index < -0.39 is 0 Å². The number of hydrogen-bond donors (Lipinski definition) is 0. The first kappa shape index (κ1) is 23.0. The Hall–Kier alpha value is -1.72. The molecular formula is C26H40N4. The van der Waals surface area contributed by atoms with E-state index >= 15 is 0 Å². The lowest BCUT2D eigenvalue weighted by molar-refractivity contribution is 0.131. The second-order valence-corrected chi connectivity index (χ2v) is 8.39. The quantitative estimate of drug-likeness (QED) is 0.723. The second-order valence-electron chi connectivity index (χ2n) is 8.39. The summed E-state index contributed by atoms with van der Waals surface area (Å²) < 4.78 is 0. The van der Waals surface area contributed by atoms with E-state index in [0.29, 0.717) is 0 Å². The Balaban J connectivity index is 1.69.